The first kappa shape index (κ1) is 17.8. The van der Waals surface area contributed by atoms with Crippen molar-refractivity contribution in [3.63, 3.8) is 0 Å². The molecule has 21 heavy (non-hydrogen) atoms. The van der Waals surface area contributed by atoms with E-state index in [0.717, 1.165) is 5.56 Å². The van der Waals surface area contributed by atoms with Gasteiger partial charge in [0.25, 0.3) is 0 Å². The van der Waals surface area contributed by atoms with E-state index in [2.05, 4.69) is 5.32 Å². The summed E-state index contributed by atoms with van der Waals surface area (Å²) in [5.74, 6) is -0.0123. The molecule has 0 saturated carbocycles. The minimum absolute atomic E-state index is 0.0123. The molecule has 3 nitrogen and oxygen atoms in total. The predicted molar refractivity (Wildman–Crippen MR) is 78.0 cm³/mol. The van der Waals surface area contributed by atoms with Gasteiger partial charge in [-0.05, 0) is 43.3 Å². The van der Waals surface area contributed by atoms with E-state index in [-0.39, 0.29) is 28.6 Å². The monoisotopic (exact) mass is 320 g/mol. The maximum Gasteiger partial charge on any atom is 0.446 e. The number of amides is 1. The van der Waals surface area contributed by atoms with E-state index in [9.17, 15) is 18.0 Å². The second-order valence-corrected chi connectivity index (χ2v) is 5.79. The summed E-state index contributed by atoms with van der Waals surface area (Å²) in [4.78, 5) is 13.6. The van der Waals surface area contributed by atoms with Gasteiger partial charge in [-0.25, -0.2) is 0 Å². The molecule has 1 unspecified atom stereocenters. The Morgan fingerprint density at radius 2 is 1.90 bits per heavy atom. The van der Waals surface area contributed by atoms with Gasteiger partial charge in [0.05, 0.1) is 6.04 Å². The summed E-state index contributed by atoms with van der Waals surface area (Å²) < 4.78 is 36.6. The molecule has 1 N–H and O–H groups in total. The molecule has 7 heteroatoms. The Morgan fingerprint density at radius 3 is 2.38 bits per heavy atom. The fourth-order valence-electron chi connectivity index (χ4n) is 1.65. The van der Waals surface area contributed by atoms with Gasteiger partial charge in [-0.2, -0.15) is 13.2 Å². The average molecular weight is 320 g/mol. The number of benzene rings is 1. The summed E-state index contributed by atoms with van der Waals surface area (Å²) >= 11 is -0.136. The van der Waals surface area contributed by atoms with E-state index in [1.807, 2.05) is 6.92 Å². The first-order valence-corrected chi connectivity index (χ1v) is 7.37. The van der Waals surface area contributed by atoms with Crippen LogP contribution in [0.15, 0.2) is 29.2 Å². The molecule has 0 aliphatic heterocycles. The summed E-state index contributed by atoms with van der Waals surface area (Å²) in [7, 11) is 1.73. The van der Waals surface area contributed by atoms with Crippen LogP contribution in [0.1, 0.15) is 19.4 Å². The van der Waals surface area contributed by atoms with Crippen LogP contribution in [0.2, 0.25) is 0 Å². The largest absolute Gasteiger partial charge is 0.446 e. The summed E-state index contributed by atoms with van der Waals surface area (Å²) in [5, 5.41) is 3.06. The average Bonchev–Trinajstić information content (AvgIpc) is 2.42. The Bertz CT molecular complexity index is 462. The predicted octanol–water partition coefficient (Wildman–Crippen LogP) is 3.25. The molecule has 1 rings (SSSR count). The van der Waals surface area contributed by atoms with Crippen LogP contribution in [0.5, 0.6) is 0 Å². The van der Waals surface area contributed by atoms with Crippen LogP contribution < -0.4 is 5.32 Å². The molecule has 0 aromatic heterocycles. The van der Waals surface area contributed by atoms with E-state index < -0.39 is 5.51 Å². The third kappa shape index (κ3) is 6.39. The van der Waals surface area contributed by atoms with Crippen LogP contribution in [0.25, 0.3) is 0 Å². The van der Waals surface area contributed by atoms with Gasteiger partial charge in [0, 0.05) is 25.0 Å². The molecule has 0 heterocycles. The smallest absolute Gasteiger partial charge is 0.345 e. The summed E-state index contributed by atoms with van der Waals surface area (Å²) in [5.41, 5.74) is -3.44. The number of thioether (sulfide) groups is 1. The molecule has 1 atom stereocenters. The quantitative estimate of drug-likeness (QED) is 0.817. The number of carbonyl (C=O) groups excluding carboxylic acids is 1. The van der Waals surface area contributed by atoms with Crippen molar-refractivity contribution in [1.29, 1.82) is 0 Å². The molecule has 118 valence electrons. The van der Waals surface area contributed by atoms with E-state index in [4.69, 9.17) is 0 Å². The van der Waals surface area contributed by atoms with Crippen molar-refractivity contribution in [2.45, 2.75) is 36.8 Å². The van der Waals surface area contributed by atoms with Gasteiger partial charge in [-0.15, -0.1) is 0 Å². The van der Waals surface area contributed by atoms with Crippen molar-refractivity contribution in [2.75, 3.05) is 13.6 Å². The van der Waals surface area contributed by atoms with Crippen LogP contribution in [-0.2, 0) is 11.3 Å². The fraction of sp³-hybridized carbons (Fsp3) is 0.500. The molecule has 0 aliphatic carbocycles. The third-order valence-corrected chi connectivity index (χ3v) is 3.73. The fourth-order valence-corrected chi connectivity index (χ4v) is 2.19. The van der Waals surface area contributed by atoms with Gasteiger partial charge in [0.2, 0.25) is 5.91 Å². The first-order valence-electron chi connectivity index (χ1n) is 6.56. The Morgan fingerprint density at radius 1 is 1.33 bits per heavy atom. The van der Waals surface area contributed by atoms with Crippen molar-refractivity contribution in [2.24, 2.45) is 0 Å². The highest BCUT2D eigenvalue weighted by Gasteiger charge is 2.29. The number of nitrogens with one attached hydrogen (secondary N) is 1. The number of rotatable bonds is 6. The number of alkyl halides is 3. The molecule has 0 bridgehead atoms. The van der Waals surface area contributed by atoms with Crippen molar-refractivity contribution in [1.82, 2.24) is 10.2 Å². The summed E-state index contributed by atoms with van der Waals surface area (Å²) in [6.07, 6.45) is 0. The van der Waals surface area contributed by atoms with E-state index in [1.165, 1.54) is 12.1 Å². The van der Waals surface area contributed by atoms with Gasteiger partial charge in [-0.1, -0.05) is 12.1 Å². The summed E-state index contributed by atoms with van der Waals surface area (Å²) in [6, 6.07) is 5.78. The van der Waals surface area contributed by atoms with E-state index in [1.54, 1.807) is 31.0 Å². The van der Waals surface area contributed by atoms with Crippen LogP contribution >= 0.6 is 11.8 Å². The van der Waals surface area contributed by atoms with Crippen LogP contribution in [0, 0.1) is 0 Å². The molecule has 1 aromatic carbocycles. The van der Waals surface area contributed by atoms with Gasteiger partial charge in [-0.3, -0.25) is 4.79 Å². The molecule has 0 aliphatic rings. The van der Waals surface area contributed by atoms with Gasteiger partial charge in [0.1, 0.15) is 0 Å². The minimum Gasteiger partial charge on any atom is -0.345 e. The zero-order valence-electron chi connectivity index (χ0n) is 12.2. The Kier molecular flexibility index (Phi) is 6.54. The highest BCUT2D eigenvalue weighted by atomic mass is 32.2. The number of hydrogen-bond acceptors (Lipinski definition) is 3. The lowest BCUT2D eigenvalue weighted by Gasteiger charge is -2.20. The summed E-state index contributed by atoms with van der Waals surface area (Å²) in [6.45, 7) is 4.72. The van der Waals surface area contributed by atoms with Crippen molar-refractivity contribution < 1.29 is 18.0 Å². The van der Waals surface area contributed by atoms with Crippen LogP contribution in [0.3, 0.4) is 0 Å². The standard InChI is InChI=1S/C14H19F3N2OS/c1-4-19(3)13(20)10(2)18-9-11-5-7-12(8-6-11)21-14(15,16)17/h5-8,10,18H,4,9H2,1-3H3. The van der Waals surface area contributed by atoms with Gasteiger partial charge in [0.15, 0.2) is 0 Å². The molecule has 0 spiro atoms. The number of hydrogen-bond donors (Lipinski definition) is 1. The van der Waals surface area contributed by atoms with Crippen LogP contribution in [0.4, 0.5) is 13.2 Å². The zero-order chi connectivity index (χ0) is 16.0. The zero-order valence-corrected chi connectivity index (χ0v) is 13.0. The number of likely N-dealkylation sites (N-methyl/N-ethyl adjacent to an activating group) is 1. The third-order valence-electron chi connectivity index (χ3n) is 2.99. The minimum atomic E-state index is -4.27. The lowest BCUT2D eigenvalue weighted by atomic mass is 10.2. The number of halogens is 3. The molecular weight excluding hydrogens is 301 g/mol. The van der Waals surface area contributed by atoms with Crippen LogP contribution in [-0.4, -0.2) is 35.9 Å². The maximum atomic E-state index is 12.2. The van der Waals surface area contributed by atoms with Crippen molar-refractivity contribution >= 4 is 17.7 Å². The number of nitrogens with zero attached hydrogens (tertiary/aromatic N) is 1. The first-order chi connectivity index (χ1) is 9.73. The lowest BCUT2D eigenvalue weighted by molar-refractivity contribution is -0.131. The molecular formula is C14H19F3N2OS. The van der Waals surface area contributed by atoms with Gasteiger partial charge < -0.3 is 10.2 Å². The van der Waals surface area contributed by atoms with Gasteiger partial charge >= 0.3 is 5.51 Å². The molecule has 0 saturated heterocycles. The normalized spacial score (nSPS) is 13.0. The number of carbonyl (C=O) groups is 1. The Balaban J connectivity index is 2.51. The van der Waals surface area contributed by atoms with E-state index in [0.29, 0.717) is 13.1 Å². The highest BCUT2D eigenvalue weighted by molar-refractivity contribution is 8.00. The second kappa shape index (κ2) is 7.70. The lowest BCUT2D eigenvalue weighted by Crippen LogP contribution is -2.42. The Labute approximate surface area is 126 Å². The topological polar surface area (TPSA) is 32.3 Å². The van der Waals surface area contributed by atoms with E-state index >= 15 is 0 Å². The van der Waals surface area contributed by atoms with Crippen molar-refractivity contribution in [3.05, 3.63) is 29.8 Å². The molecule has 1 amide bonds. The highest BCUT2D eigenvalue weighted by Crippen LogP contribution is 2.36. The molecule has 1 aromatic rings. The van der Waals surface area contributed by atoms with Crippen molar-refractivity contribution in [3.8, 4) is 0 Å². The SMILES string of the molecule is CCN(C)C(=O)C(C)NCc1ccc(SC(F)(F)F)cc1. The Hall–Kier alpha value is -1.21. The molecule has 0 fully saturated rings. The second-order valence-electron chi connectivity index (χ2n) is 4.65. The maximum absolute atomic E-state index is 12.2. The molecule has 0 radical (unpaired) electrons.